The van der Waals surface area contributed by atoms with E-state index in [0.717, 1.165) is 11.5 Å². The van der Waals surface area contributed by atoms with Gasteiger partial charge in [-0.15, -0.1) is 0 Å². The van der Waals surface area contributed by atoms with Crippen molar-refractivity contribution < 1.29 is 19.0 Å². The van der Waals surface area contributed by atoms with E-state index in [1.54, 1.807) is 19.1 Å². The summed E-state index contributed by atoms with van der Waals surface area (Å²) in [7, 11) is 0. The Bertz CT molecular complexity index is 675. The van der Waals surface area contributed by atoms with Crippen molar-refractivity contribution in [2.45, 2.75) is 27.7 Å². The van der Waals surface area contributed by atoms with Crippen LogP contribution in [-0.4, -0.2) is 35.1 Å². The maximum Gasteiger partial charge on any atom is 0.257 e. The third-order valence-electron chi connectivity index (χ3n) is 2.92. The number of rotatable bonds is 8. The molecule has 7 nitrogen and oxygen atoms in total. The SMILES string of the molecule is CCOc1cc(C(=O)Nc2nc(C)ns2)cc(OCC)c1OCC. The van der Waals surface area contributed by atoms with E-state index < -0.39 is 0 Å². The molecule has 0 spiro atoms. The second-order valence-corrected chi connectivity index (χ2v) is 5.45. The number of ether oxygens (including phenoxy) is 3. The number of anilines is 1. The fourth-order valence-corrected chi connectivity index (χ4v) is 2.61. The summed E-state index contributed by atoms with van der Waals surface area (Å²) >= 11 is 1.13. The maximum absolute atomic E-state index is 12.5. The molecule has 130 valence electrons. The lowest BCUT2D eigenvalue weighted by molar-refractivity contribution is 0.102. The van der Waals surface area contributed by atoms with Crippen molar-refractivity contribution in [3.63, 3.8) is 0 Å². The van der Waals surface area contributed by atoms with E-state index in [1.807, 2.05) is 20.8 Å². The van der Waals surface area contributed by atoms with Gasteiger partial charge in [0.1, 0.15) is 5.82 Å². The molecule has 0 aliphatic rings. The Morgan fingerprint density at radius 1 is 1.08 bits per heavy atom. The Balaban J connectivity index is 2.35. The average molecular weight is 351 g/mol. The van der Waals surface area contributed by atoms with Crippen LogP contribution in [0.15, 0.2) is 12.1 Å². The highest BCUT2D eigenvalue weighted by molar-refractivity contribution is 7.09. The molecule has 1 amide bonds. The van der Waals surface area contributed by atoms with E-state index in [4.69, 9.17) is 14.2 Å². The highest BCUT2D eigenvalue weighted by atomic mass is 32.1. The molecule has 0 radical (unpaired) electrons. The number of hydrogen-bond donors (Lipinski definition) is 1. The zero-order valence-corrected chi connectivity index (χ0v) is 15.0. The van der Waals surface area contributed by atoms with Crippen molar-refractivity contribution >= 4 is 22.6 Å². The summed E-state index contributed by atoms with van der Waals surface area (Å²) in [6.45, 7) is 8.75. The fourth-order valence-electron chi connectivity index (χ4n) is 2.04. The van der Waals surface area contributed by atoms with Crippen molar-refractivity contribution in [2.75, 3.05) is 25.1 Å². The molecule has 0 unspecified atom stereocenters. The third kappa shape index (κ3) is 4.35. The number of nitrogens with zero attached hydrogens (tertiary/aromatic N) is 2. The van der Waals surface area contributed by atoms with E-state index in [-0.39, 0.29) is 5.91 Å². The molecule has 0 aliphatic carbocycles. The second kappa shape index (κ2) is 8.49. The van der Waals surface area contributed by atoms with Crippen LogP contribution in [0.25, 0.3) is 0 Å². The van der Waals surface area contributed by atoms with E-state index in [1.165, 1.54) is 0 Å². The third-order valence-corrected chi connectivity index (χ3v) is 3.64. The highest BCUT2D eigenvalue weighted by Gasteiger charge is 2.19. The molecule has 0 bridgehead atoms. The summed E-state index contributed by atoms with van der Waals surface area (Å²) in [5.74, 6) is 1.76. The number of carbonyl (C=O) groups is 1. The lowest BCUT2D eigenvalue weighted by Gasteiger charge is -2.16. The van der Waals surface area contributed by atoms with E-state index in [9.17, 15) is 4.79 Å². The number of carbonyl (C=O) groups excluding carboxylic acids is 1. The van der Waals surface area contributed by atoms with Crippen LogP contribution in [0.1, 0.15) is 37.0 Å². The minimum absolute atomic E-state index is 0.309. The van der Waals surface area contributed by atoms with Gasteiger partial charge in [-0.3, -0.25) is 10.1 Å². The van der Waals surface area contributed by atoms with Crippen molar-refractivity contribution in [2.24, 2.45) is 0 Å². The van der Waals surface area contributed by atoms with Crippen LogP contribution in [0.2, 0.25) is 0 Å². The van der Waals surface area contributed by atoms with Crippen molar-refractivity contribution in [3.05, 3.63) is 23.5 Å². The number of benzene rings is 1. The minimum atomic E-state index is -0.309. The minimum Gasteiger partial charge on any atom is -0.490 e. The van der Waals surface area contributed by atoms with Crippen LogP contribution in [-0.2, 0) is 0 Å². The molecule has 1 aromatic heterocycles. The van der Waals surface area contributed by atoms with Gasteiger partial charge in [0.15, 0.2) is 11.5 Å². The summed E-state index contributed by atoms with van der Waals surface area (Å²) in [4.78, 5) is 16.6. The Morgan fingerprint density at radius 2 is 1.67 bits per heavy atom. The van der Waals surface area contributed by atoms with Crippen LogP contribution in [0.3, 0.4) is 0 Å². The number of aryl methyl sites for hydroxylation is 1. The zero-order valence-electron chi connectivity index (χ0n) is 14.2. The number of hydrogen-bond acceptors (Lipinski definition) is 7. The topological polar surface area (TPSA) is 82.6 Å². The van der Waals surface area contributed by atoms with Gasteiger partial charge < -0.3 is 14.2 Å². The van der Waals surface area contributed by atoms with Crippen LogP contribution < -0.4 is 19.5 Å². The predicted molar refractivity (Wildman–Crippen MR) is 92.5 cm³/mol. The molecule has 2 rings (SSSR count). The first-order valence-electron chi connectivity index (χ1n) is 7.77. The van der Waals surface area contributed by atoms with Gasteiger partial charge >= 0.3 is 0 Å². The van der Waals surface area contributed by atoms with Crippen LogP contribution in [0.4, 0.5) is 5.13 Å². The van der Waals surface area contributed by atoms with Crippen molar-refractivity contribution in [1.82, 2.24) is 9.36 Å². The van der Waals surface area contributed by atoms with Crippen LogP contribution in [0.5, 0.6) is 17.2 Å². The first-order chi connectivity index (χ1) is 11.6. The molecule has 0 saturated carbocycles. The van der Waals surface area contributed by atoms with Crippen LogP contribution >= 0.6 is 11.5 Å². The molecule has 2 aromatic rings. The lowest BCUT2D eigenvalue weighted by atomic mass is 10.1. The van der Waals surface area contributed by atoms with Crippen molar-refractivity contribution in [3.8, 4) is 17.2 Å². The number of nitrogens with one attached hydrogen (secondary N) is 1. The molecular formula is C16H21N3O4S. The van der Waals surface area contributed by atoms with Gasteiger partial charge in [-0.2, -0.15) is 4.37 Å². The van der Waals surface area contributed by atoms with E-state index in [0.29, 0.717) is 53.6 Å². The van der Waals surface area contributed by atoms with Gasteiger partial charge in [-0.05, 0) is 39.8 Å². The Labute approximate surface area is 145 Å². The van der Waals surface area contributed by atoms with Gasteiger partial charge in [-0.1, -0.05) is 0 Å². The molecule has 0 fully saturated rings. The first kappa shape index (κ1) is 18.0. The molecule has 0 saturated heterocycles. The van der Waals surface area contributed by atoms with E-state index >= 15 is 0 Å². The monoisotopic (exact) mass is 351 g/mol. The molecule has 24 heavy (non-hydrogen) atoms. The molecule has 1 aromatic carbocycles. The first-order valence-corrected chi connectivity index (χ1v) is 8.54. The Hall–Kier alpha value is -2.35. The summed E-state index contributed by atoms with van der Waals surface area (Å²) in [5.41, 5.74) is 0.401. The lowest BCUT2D eigenvalue weighted by Crippen LogP contribution is -2.13. The van der Waals surface area contributed by atoms with Gasteiger partial charge in [0, 0.05) is 17.1 Å². The van der Waals surface area contributed by atoms with Crippen LogP contribution in [0, 0.1) is 6.92 Å². The molecule has 8 heteroatoms. The largest absolute Gasteiger partial charge is 0.490 e. The van der Waals surface area contributed by atoms with Gasteiger partial charge in [0.05, 0.1) is 19.8 Å². The normalized spacial score (nSPS) is 10.3. The summed E-state index contributed by atoms with van der Waals surface area (Å²) in [6.07, 6.45) is 0. The molecule has 1 N–H and O–H groups in total. The Morgan fingerprint density at radius 3 is 2.12 bits per heavy atom. The maximum atomic E-state index is 12.5. The van der Waals surface area contributed by atoms with Crippen molar-refractivity contribution in [1.29, 1.82) is 0 Å². The van der Waals surface area contributed by atoms with Gasteiger partial charge in [0.25, 0.3) is 5.91 Å². The number of aromatic nitrogens is 2. The standard InChI is InChI=1S/C16H21N3O4S/c1-5-21-12-8-11(9-13(22-6-2)14(12)23-7-3)15(20)18-16-17-10(4)19-24-16/h8-9H,5-7H2,1-4H3,(H,17,18,19,20). The molecule has 0 atom stereocenters. The molecule has 1 heterocycles. The smallest absolute Gasteiger partial charge is 0.257 e. The predicted octanol–water partition coefficient (Wildman–Crippen LogP) is 3.29. The van der Waals surface area contributed by atoms with Gasteiger partial charge in [-0.25, -0.2) is 4.98 Å². The molecular weight excluding hydrogens is 330 g/mol. The summed E-state index contributed by atoms with van der Waals surface area (Å²) in [6, 6.07) is 3.28. The number of amides is 1. The quantitative estimate of drug-likeness (QED) is 0.786. The van der Waals surface area contributed by atoms with E-state index in [2.05, 4.69) is 14.7 Å². The fraction of sp³-hybridized carbons (Fsp3) is 0.438. The highest BCUT2D eigenvalue weighted by Crippen LogP contribution is 2.39. The Kier molecular flexibility index (Phi) is 6.36. The zero-order chi connectivity index (χ0) is 17.5. The molecule has 0 aliphatic heterocycles. The summed E-state index contributed by atoms with van der Waals surface area (Å²) in [5, 5.41) is 3.17. The summed E-state index contributed by atoms with van der Waals surface area (Å²) < 4.78 is 20.9. The average Bonchev–Trinajstić information content (AvgIpc) is 2.95. The second-order valence-electron chi connectivity index (χ2n) is 4.70. The van der Waals surface area contributed by atoms with Gasteiger partial charge in [0.2, 0.25) is 10.9 Å².